The summed E-state index contributed by atoms with van der Waals surface area (Å²) in [7, 11) is 0. The van der Waals surface area contributed by atoms with Gasteiger partial charge in [0.25, 0.3) is 0 Å². The standard InChI is InChI=1S/2C6H5NO2.W/c2*8-6(9)5-3-1-2-4-7-5;/h2*1-4H,(H,8,9);/q;;+2/p-2. The first-order valence-corrected chi connectivity index (χ1v) is 4.86. The Kier molecular flexibility index (Phi) is 7.96. The molecular formula is C12H8N2O4W. The quantitative estimate of drug-likeness (QED) is 0.601. The molecule has 0 N–H and O–H groups in total. The molecule has 0 aliphatic carbocycles. The fraction of sp³-hybridized carbons (Fsp3) is 0. The average molecular weight is 428 g/mol. The smallest absolute Gasteiger partial charge is 0.543 e. The summed E-state index contributed by atoms with van der Waals surface area (Å²) >= 11 is 0. The van der Waals surface area contributed by atoms with Crippen LogP contribution in [0.15, 0.2) is 48.8 Å². The van der Waals surface area contributed by atoms with Crippen molar-refractivity contribution >= 4 is 11.9 Å². The van der Waals surface area contributed by atoms with Gasteiger partial charge in [-0.1, -0.05) is 12.1 Å². The first kappa shape index (κ1) is 16.9. The Hall–Kier alpha value is -2.07. The van der Waals surface area contributed by atoms with E-state index in [4.69, 9.17) is 0 Å². The second-order valence-electron chi connectivity index (χ2n) is 3.00. The first-order valence-electron chi connectivity index (χ1n) is 4.86. The van der Waals surface area contributed by atoms with E-state index in [0.717, 1.165) is 0 Å². The number of carboxylic acids is 2. The second kappa shape index (κ2) is 8.94. The van der Waals surface area contributed by atoms with Crippen molar-refractivity contribution in [2.75, 3.05) is 0 Å². The van der Waals surface area contributed by atoms with Gasteiger partial charge in [-0.05, 0) is 24.3 Å². The van der Waals surface area contributed by atoms with Gasteiger partial charge < -0.3 is 19.8 Å². The van der Waals surface area contributed by atoms with Gasteiger partial charge in [0.2, 0.25) is 0 Å². The zero-order valence-corrected chi connectivity index (χ0v) is 12.5. The Balaban J connectivity index is 0.000000324. The minimum absolute atomic E-state index is 0. The van der Waals surface area contributed by atoms with E-state index in [1.54, 1.807) is 24.3 Å². The fourth-order valence-corrected chi connectivity index (χ4v) is 0.967. The van der Waals surface area contributed by atoms with Gasteiger partial charge in [0, 0.05) is 12.4 Å². The van der Waals surface area contributed by atoms with E-state index in [0.29, 0.717) is 0 Å². The van der Waals surface area contributed by atoms with Gasteiger partial charge in [0.1, 0.15) is 0 Å². The van der Waals surface area contributed by atoms with Crippen molar-refractivity contribution in [3.63, 3.8) is 0 Å². The second-order valence-corrected chi connectivity index (χ2v) is 3.00. The van der Waals surface area contributed by atoms with Crippen LogP contribution < -0.4 is 10.2 Å². The molecule has 2 aromatic heterocycles. The van der Waals surface area contributed by atoms with Crippen molar-refractivity contribution in [3.05, 3.63) is 60.2 Å². The van der Waals surface area contributed by atoms with Crippen LogP contribution in [0.25, 0.3) is 0 Å². The number of hydrogen-bond acceptors (Lipinski definition) is 6. The number of carbonyl (C=O) groups is 2. The summed E-state index contributed by atoms with van der Waals surface area (Å²) in [6.45, 7) is 0. The van der Waals surface area contributed by atoms with Crippen molar-refractivity contribution in [2.24, 2.45) is 0 Å². The summed E-state index contributed by atoms with van der Waals surface area (Å²) < 4.78 is 0. The van der Waals surface area contributed by atoms with E-state index in [1.165, 1.54) is 24.5 Å². The zero-order chi connectivity index (χ0) is 13.4. The number of aromatic nitrogens is 2. The molecule has 0 aliphatic heterocycles. The van der Waals surface area contributed by atoms with Gasteiger partial charge in [0.15, 0.2) is 0 Å². The number of hydrogen-bond donors (Lipinski definition) is 0. The predicted molar refractivity (Wildman–Crippen MR) is 57.1 cm³/mol. The van der Waals surface area contributed by atoms with Crippen molar-refractivity contribution in [1.29, 1.82) is 0 Å². The molecule has 19 heavy (non-hydrogen) atoms. The van der Waals surface area contributed by atoms with Crippen LogP contribution in [-0.4, -0.2) is 21.9 Å². The molecule has 0 aromatic carbocycles. The van der Waals surface area contributed by atoms with Crippen molar-refractivity contribution in [1.82, 2.24) is 9.97 Å². The number of carbonyl (C=O) groups excluding carboxylic acids is 2. The Morgan fingerprint density at radius 3 is 1.32 bits per heavy atom. The largest absolute Gasteiger partial charge is 2.00 e. The van der Waals surface area contributed by atoms with Gasteiger partial charge >= 0.3 is 21.1 Å². The number of aromatic carboxylic acids is 2. The summed E-state index contributed by atoms with van der Waals surface area (Å²) in [4.78, 5) is 27.1. The molecule has 0 saturated heterocycles. The van der Waals surface area contributed by atoms with Crippen LogP contribution in [0.5, 0.6) is 0 Å². The van der Waals surface area contributed by atoms with E-state index in [2.05, 4.69) is 9.97 Å². The molecule has 0 aliphatic rings. The minimum atomic E-state index is -1.24. The molecule has 0 unspecified atom stereocenters. The Morgan fingerprint density at radius 1 is 0.789 bits per heavy atom. The van der Waals surface area contributed by atoms with Crippen molar-refractivity contribution in [2.45, 2.75) is 0 Å². The van der Waals surface area contributed by atoms with Crippen LogP contribution in [0.1, 0.15) is 21.0 Å². The molecule has 0 fully saturated rings. The van der Waals surface area contributed by atoms with Crippen LogP contribution in [-0.2, 0) is 21.1 Å². The van der Waals surface area contributed by atoms with Crippen molar-refractivity contribution in [3.8, 4) is 0 Å². The maximum Gasteiger partial charge on any atom is 2.00 e. The molecule has 0 atom stereocenters. The molecule has 96 valence electrons. The van der Waals surface area contributed by atoms with Crippen LogP contribution in [0, 0.1) is 0 Å². The third kappa shape index (κ3) is 6.43. The topological polar surface area (TPSA) is 106 Å². The van der Waals surface area contributed by atoms with Crippen LogP contribution in [0.2, 0.25) is 0 Å². The molecule has 0 radical (unpaired) electrons. The van der Waals surface area contributed by atoms with Crippen molar-refractivity contribution < 1.29 is 40.9 Å². The molecule has 2 aromatic rings. The molecule has 0 amide bonds. The van der Waals surface area contributed by atoms with Gasteiger partial charge in [0.05, 0.1) is 23.3 Å². The van der Waals surface area contributed by atoms with E-state index in [-0.39, 0.29) is 32.5 Å². The van der Waals surface area contributed by atoms with Crippen LogP contribution >= 0.6 is 0 Å². The first-order chi connectivity index (χ1) is 8.61. The Bertz CT molecular complexity index is 470. The molecule has 0 bridgehead atoms. The van der Waals surface area contributed by atoms with E-state index in [9.17, 15) is 19.8 Å². The summed E-state index contributed by atoms with van der Waals surface area (Å²) in [5, 5.41) is 20.1. The zero-order valence-electron chi connectivity index (χ0n) is 9.55. The van der Waals surface area contributed by atoms with Gasteiger partial charge in [-0.2, -0.15) is 0 Å². The van der Waals surface area contributed by atoms with E-state index >= 15 is 0 Å². The SMILES string of the molecule is O=C([O-])c1ccccn1.O=C([O-])c1ccccn1.[W+2]. The van der Waals surface area contributed by atoms with Gasteiger partial charge in [-0.15, -0.1) is 0 Å². The molecule has 0 saturated carbocycles. The normalized spacial score (nSPS) is 8.42. The minimum Gasteiger partial charge on any atom is -0.543 e. The number of pyridine rings is 2. The van der Waals surface area contributed by atoms with E-state index in [1.807, 2.05) is 0 Å². The number of carboxylic acid groups (broad SMARTS) is 2. The molecular weight excluding hydrogens is 420 g/mol. The Morgan fingerprint density at radius 2 is 1.16 bits per heavy atom. The molecule has 2 heterocycles. The summed E-state index contributed by atoms with van der Waals surface area (Å²) in [6.07, 6.45) is 2.82. The average Bonchev–Trinajstić information content (AvgIpc) is 2.41. The monoisotopic (exact) mass is 428 g/mol. The predicted octanol–water partition coefficient (Wildman–Crippen LogP) is -1.11. The number of nitrogens with zero attached hydrogens (tertiary/aromatic N) is 2. The molecule has 7 heteroatoms. The van der Waals surface area contributed by atoms with E-state index < -0.39 is 11.9 Å². The van der Waals surface area contributed by atoms with Crippen LogP contribution in [0.3, 0.4) is 0 Å². The number of rotatable bonds is 2. The van der Waals surface area contributed by atoms with Crippen LogP contribution in [0.4, 0.5) is 0 Å². The summed E-state index contributed by atoms with van der Waals surface area (Å²) in [6, 6.07) is 9.25. The summed E-state index contributed by atoms with van der Waals surface area (Å²) in [5.74, 6) is -2.48. The maximum absolute atomic E-state index is 10.0. The third-order valence-corrected chi connectivity index (χ3v) is 1.75. The molecule has 6 nitrogen and oxygen atoms in total. The molecule has 2 rings (SSSR count). The third-order valence-electron chi connectivity index (χ3n) is 1.75. The maximum atomic E-state index is 10.0. The fourth-order valence-electron chi connectivity index (χ4n) is 0.967. The Labute approximate surface area is 123 Å². The van der Waals surface area contributed by atoms with Gasteiger partial charge in [-0.3, -0.25) is 9.97 Å². The molecule has 0 spiro atoms. The summed E-state index contributed by atoms with van der Waals surface area (Å²) in [5.41, 5.74) is -0.0602. The van der Waals surface area contributed by atoms with Gasteiger partial charge in [-0.25, -0.2) is 0 Å².